The van der Waals surface area contributed by atoms with Gasteiger partial charge in [0.15, 0.2) is 16.6 Å². The lowest BCUT2D eigenvalue weighted by atomic mass is 10.3. The van der Waals surface area contributed by atoms with Crippen molar-refractivity contribution >= 4 is 16.5 Å². The van der Waals surface area contributed by atoms with Crippen molar-refractivity contribution in [2.24, 2.45) is 0 Å². The lowest BCUT2D eigenvalue weighted by Crippen LogP contribution is -1.99. The van der Waals surface area contributed by atoms with Crippen LogP contribution < -0.4 is 14.8 Å². The van der Waals surface area contributed by atoms with Crippen molar-refractivity contribution in [2.75, 3.05) is 18.5 Å². The predicted octanol–water partition coefficient (Wildman–Crippen LogP) is 3.94. The van der Waals surface area contributed by atoms with Crippen LogP contribution in [0.4, 0.5) is 5.13 Å². The summed E-state index contributed by atoms with van der Waals surface area (Å²) in [5.74, 6) is 1.57. The predicted molar refractivity (Wildman–Crippen MR) is 82.8 cm³/mol. The van der Waals surface area contributed by atoms with E-state index in [-0.39, 0.29) is 0 Å². The van der Waals surface area contributed by atoms with Crippen LogP contribution >= 0.6 is 11.3 Å². The number of rotatable bonds is 8. The lowest BCUT2D eigenvalue weighted by Gasteiger charge is -2.11. The summed E-state index contributed by atoms with van der Waals surface area (Å²) < 4.78 is 11.5. The van der Waals surface area contributed by atoms with Gasteiger partial charge < -0.3 is 14.8 Å². The first-order chi connectivity index (χ1) is 9.83. The molecule has 1 aromatic heterocycles. The largest absolute Gasteiger partial charge is 0.490 e. The number of ether oxygens (including phenoxy) is 2. The molecule has 2 rings (SSSR count). The van der Waals surface area contributed by atoms with Crippen LogP contribution in [0.25, 0.3) is 0 Å². The Bertz CT molecular complexity index is 528. The summed E-state index contributed by atoms with van der Waals surface area (Å²) >= 11 is 1.61. The van der Waals surface area contributed by atoms with Crippen LogP contribution in [0.3, 0.4) is 0 Å². The topological polar surface area (TPSA) is 43.4 Å². The van der Waals surface area contributed by atoms with E-state index >= 15 is 0 Å². The van der Waals surface area contributed by atoms with Crippen LogP contribution in [-0.4, -0.2) is 18.1 Å². The Morgan fingerprint density at radius 3 is 2.60 bits per heavy atom. The molecule has 0 bridgehead atoms. The van der Waals surface area contributed by atoms with E-state index < -0.39 is 0 Å². The molecule has 1 aromatic carbocycles. The molecule has 0 radical (unpaired) electrons. The van der Waals surface area contributed by atoms with Gasteiger partial charge in [-0.3, -0.25) is 0 Å². The zero-order valence-corrected chi connectivity index (χ0v) is 12.7. The number of hydrogen-bond acceptors (Lipinski definition) is 5. The standard InChI is InChI=1S/C15H20N2O2S/c1-3-9-18-13-7-5-6-8-14(13)19-11-12-10-17-15(20-12)16-4-2/h5-8,10H,3-4,9,11H2,1-2H3,(H,16,17). The van der Waals surface area contributed by atoms with Gasteiger partial charge in [-0.15, -0.1) is 0 Å². The molecule has 0 aliphatic carbocycles. The second-order valence-electron chi connectivity index (χ2n) is 4.25. The third-order valence-corrected chi connectivity index (χ3v) is 3.49. The summed E-state index contributed by atoms with van der Waals surface area (Å²) in [5.41, 5.74) is 0. The monoisotopic (exact) mass is 292 g/mol. The van der Waals surface area contributed by atoms with Gasteiger partial charge in [-0.05, 0) is 25.5 Å². The van der Waals surface area contributed by atoms with E-state index in [2.05, 4.69) is 24.1 Å². The number of para-hydroxylation sites is 2. The number of benzene rings is 1. The van der Waals surface area contributed by atoms with Crippen molar-refractivity contribution in [1.82, 2.24) is 4.98 Å². The van der Waals surface area contributed by atoms with Gasteiger partial charge in [0.2, 0.25) is 0 Å². The zero-order valence-electron chi connectivity index (χ0n) is 11.9. The Balaban J connectivity index is 1.95. The van der Waals surface area contributed by atoms with Crippen LogP contribution in [0.15, 0.2) is 30.5 Å². The van der Waals surface area contributed by atoms with E-state index in [1.807, 2.05) is 30.5 Å². The number of thiazole rings is 1. The molecule has 4 nitrogen and oxygen atoms in total. The van der Waals surface area contributed by atoms with Gasteiger partial charge in [0.1, 0.15) is 6.61 Å². The molecule has 5 heteroatoms. The van der Waals surface area contributed by atoms with Gasteiger partial charge in [0, 0.05) is 12.7 Å². The molecule has 0 amide bonds. The van der Waals surface area contributed by atoms with Crippen LogP contribution in [0.2, 0.25) is 0 Å². The third kappa shape index (κ3) is 4.13. The highest BCUT2D eigenvalue weighted by Crippen LogP contribution is 2.28. The molecule has 0 atom stereocenters. The number of anilines is 1. The molecule has 108 valence electrons. The van der Waals surface area contributed by atoms with Crippen molar-refractivity contribution in [1.29, 1.82) is 0 Å². The fourth-order valence-electron chi connectivity index (χ4n) is 1.66. The van der Waals surface area contributed by atoms with Gasteiger partial charge in [0.05, 0.1) is 11.5 Å². The molecular weight excluding hydrogens is 272 g/mol. The molecule has 2 aromatic rings. The molecule has 20 heavy (non-hydrogen) atoms. The van der Waals surface area contributed by atoms with Gasteiger partial charge in [-0.25, -0.2) is 4.98 Å². The second kappa shape index (κ2) is 7.75. The highest BCUT2D eigenvalue weighted by molar-refractivity contribution is 7.15. The summed E-state index contributed by atoms with van der Waals surface area (Å²) in [6.07, 6.45) is 2.83. The van der Waals surface area contributed by atoms with Crippen LogP contribution in [0.1, 0.15) is 25.1 Å². The normalized spacial score (nSPS) is 10.3. The fraction of sp³-hybridized carbons (Fsp3) is 0.400. The van der Waals surface area contributed by atoms with E-state index in [0.29, 0.717) is 13.2 Å². The van der Waals surface area contributed by atoms with Gasteiger partial charge in [0.25, 0.3) is 0 Å². The average molecular weight is 292 g/mol. The number of nitrogens with zero attached hydrogens (tertiary/aromatic N) is 1. The summed E-state index contributed by atoms with van der Waals surface area (Å²) in [5, 5.41) is 4.12. The summed E-state index contributed by atoms with van der Waals surface area (Å²) in [6.45, 7) is 6.23. The van der Waals surface area contributed by atoms with Crippen molar-refractivity contribution in [3.8, 4) is 11.5 Å². The second-order valence-corrected chi connectivity index (χ2v) is 5.36. The molecule has 0 aliphatic rings. The first-order valence-corrected chi connectivity index (χ1v) is 7.68. The lowest BCUT2D eigenvalue weighted by molar-refractivity contribution is 0.263. The summed E-state index contributed by atoms with van der Waals surface area (Å²) in [7, 11) is 0. The van der Waals surface area contributed by atoms with E-state index in [0.717, 1.165) is 34.5 Å². The molecule has 0 fully saturated rings. The number of nitrogens with one attached hydrogen (secondary N) is 1. The van der Waals surface area contributed by atoms with Crippen molar-refractivity contribution in [2.45, 2.75) is 26.9 Å². The Morgan fingerprint density at radius 1 is 1.15 bits per heavy atom. The van der Waals surface area contributed by atoms with E-state index in [9.17, 15) is 0 Å². The van der Waals surface area contributed by atoms with Crippen LogP contribution in [-0.2, 0) is 6.61 Å². The maximum Gasteiger partial charge on any atom is 0.182 e. The molecule has 0 saturated carbocycles. The smallest absolute Gasteiger partial charge is 0.182 e. The maximum absolute atomic E-state index is 5.83. The molecule has 0 spiro atoms. The van der Waals surface area contributed by atoms with Gasteiger partial charge in [-0.2, -0.15) is 0 Å². The van der Waals surface area contributed by atoms with Crippen molar-refractivity contribution < 1.29 is 9.47 Å². The van der Waals surface area contributed by atoms with Crippen molar-refractivity contribution in [3.05, 3.63) is 35.3 Å². The average Bonchev–Trinajstić information content (AvgIpc) is 2.92. The minimum Gasteiger partial charge on any atom is -0.490 e. The summed E-state index contributed by atoms with van der Waals surface area (Å²) in [6, 6.07) is 7.76. The molecule has 1 heterocycles. The molecule has 1 N–H and O–H groups in total. The van der Waals surface area contributed by atoms with Gasteiger partial charge in [-0.1, -0.05) is 30.4 Å². The fourth-order valence-corrected chi connectivity index (χ4v) is 2.45. The first-order valence-electron chi connectivity index (χ1n) is 6.86. The SMILES string of the molecule is CCCOc1ccccc1OCc1cnc(NCC)s1. The Morgan fingerprint density at radius 2 is 1.90 bits per heavy atom. The third-order valence-electron chi connectivity index (χ3n) is 2.56. The Hall–Kier alpha value is -1.75. The molecular formula is C15H20N2O2S. The highest BCUT2D eigenvalue weighted by atomic mass is 32.1. The maximum atomic E-state index is 5.83. The first kappa shape index (κ1) is 14.7. The van der Waals surface area contributed by atoms with Gasteiger partial charge >= 0.3 is 0 Å². The van der Waals surface area contributed by atoms with E-state index in [4.69, 9.17) is 9.47 Å². The minimum absolute atomic E-state index is 0.509. The molecule has 0 aliphatic heterocycles. The quantitative estimate of drug-likeness (QED) is 0.800. The number of hydrogen-bond donors (Lipinski definition) is 1. The Labute approximate surface area is 123 Å². The van der Waals surface area contributed by atoms with Crippen LogP contribution in [0.5, 0.6) is 11.5 Å². The van der Waals surface area contributed by atoms with E-state index in [1.165, 1.54) is 0 Å². The number of aromatic nitrogens is 1. The minimum atomic E-state index is 0.509. The highest BCUT2D eigenvalue weighted by Gasteiger charge is 2.06. The molecule has 0 saturated heterocycles. The molecule has 0 unspecified atom stereocenters. The van der Waals surface area contributed by atoms with Crippen LogP contribution in [0, 0.1) is 0 Å². The van der Waals surface area contributed by atoms with Crippen molar-refractivity contribution in [3.63, 3.8) is 0 Å². The summed E-state index contributed by atoms with van der Waals surface area (Å²) in [4.78, 5) is 5.38. The Kier molecular flexibility index (Phi) is 5.68. The van der Waals surface area contributed by atoms with E-state index in [1.54, 1.807) is 11.3 Å². The zero-order chi connectivity index (χ0) is 14.2.